The molecule has 0 spiro atoms. The van der Waals surface area contributed by atoms with Crippen molar-refractivity contribution in [1.82, 2.24) is 14.7 Å². The Balaban J connectivity index is 1.43. The number of likely N-dealkylation sites (tertiary alicyclic amines) is 1. The number of benzene rings is 2. The lowest BCUT2D eigenvalue weighted by molar-refractivity contribution is 0.0811. The molecule has 33 heavy (non-hydrogen) atoms. The van der Waals surface area contributed by atoms with Crippen LogP contribution in [0.1, 0.15) is 48.2 Å². The van der Waals surface area contributed by atoms with Gasteiger partial charge in [0.1, 0.15) is 11.5 Å². The molecule has 0 amide bonds. The number of Topliss-reactive ketones (excluding diaryl/α,β-unsaturated/α-hetero) is 1. The van der Waals surface area contributed by atoms with Crippen LogP contribution in [0.25, 0.3) is 0 Å². The lowest BCUT2D eigenvalue weighted by Gasteiger charge is -2.32. The summed E-state index contributed by atoms with van der Waals surface area (Å²) in [7, 11) is 1.70. The van der Waals surface area contributed by atoms with E-state index < -0.39 is 0 Å². The van der Waals surface area contributed by atoms with Crippen molar-refractivity contribution in [2.75, 3.05) is 20.2 Å². The minimum absolute atomic E-state index is 0.00911. The van der Waals surface area contributed by atoms with Crippen LogP contribution < -0.4 is 9.47 Å². The van der Waals surface area contributed by atoms with Crippen molar-refractivity contribution in [1.29, 1.82) is 0 Å². The molecule has 1 aliphatic rings. The van der Waals surface area contributed by atoms with Crippen LogP contribution in [-0.2, 0) is 13.1 Å². The number of aromatic nitrogens is 2. The lowest BCUT2D eigenvalue weighted by atomic mass is 9.89. The fourth-order valence-corrected chi connectivity index (χ4v) is 4.52. The number of piperidine rings is 1. The maximum absolute atomic E-state index is 13.2. The summed E-state index contributed by atoms with van der Waals surface area (Å²) in [6, 6.07) is 15.9. The summed E-state index contributed by atoms with van der Waals surface area (Å²) in [5, 5.41) is 4.32. The van der Waals surface area contributed by atoms with E-state index in [-0.39, 0.29) is 17.8 Å². The molecule has 1 atom stereocenters. The van der Waals surface area contributed by atoms with Gasteiger partial charge in [-0.05, 0) is 69.1 Å². The van der Waals surface area contributed by atoms with Gasteiger partial charge in [-0.1, -0.05) is 18.2 Å². The minimum atomic E-state index is 0.00911. The zero-order valence-corrected chi connectivity index (χ0v) is 19.7. The fraction of sp³-hybridized carbons (Fsp3) is 0.407. The molecule has 6 heteroatoms. The number of ketones is 1. The van der Waals surface area contributed by atoms with E-state index in [0.29, 0.717) is 6.54 Å². The van der Waals surface area contributed by atoms with Gasteiger partial charge in [0.25, 0.3) is 0 Å². The van der Waals surface area contributed by atoms with Crippen LogP contribution in [0, 0.1) is 5.92 Å². The van der Waals surface area contributed by atoms with Crippen molar-refractivity contribution in [3.8, 4) is 11.5 Å². The molecule has 4 rings (SSSR count). The van der Waals surface area contributed by atoms with Gasteiger partial charge in [-0.15, -0.1) is 0 Å². The van der Waals surface area contributed by atoms with Gasteiger partial charge in [0, 0.05) is 42.5 Å². The average molecular weight is 448 g/mol. The Morgan fingerprint density at radius 1 is 1.15 bits per heavy atom. The molecule has 0 radical (unpaired) electrons. The Bertz CT molecular complexity index is 1060. The number of rotatable bonds is 9. The van der Waals surface area contributed by atoms with Crippen LogP contribution in [0.4, 0.5) is 0 Å². The molecular formula is C27H33N3O3. The number of hydrogen-bond acceptors (Lipinski definition) is 5. The monoisotopic (exact) mass is 447 g/mol. The third-order valence-electron chi connectivity index (χ3n) is 6.01. The molecular weight excluding hydrogens is 414 g/mol. The largest absolute Gasteiger partial charge is 0.496 e. The third kappa shape index (κ3) is 6.02. The van der Waals surface area contributed by atoms with Crippen molar-refractivity contribution in [3.05, 3.63) is 77.6 Å². The first kappa shape index (κ1) is 23.1. The predicted octanol–water partition coefficient (Wildman–Crippen LogP) is 4.82. The van der Waals surface area contributed by atoms with E-state index in [0.717, 1.165) is 55.1 Å². The maximum atomic E-state index is 13.2. The fourth-order valence-electron chi connectivity index (χ4n) is 4.52. The first-order valence-electron chi connectivity index (χ1n) is 11.7. The molecule has 1 aliphatic heterocycles. The normalized spacial score (nSPS) is 16.7. The number of hydrogen-bond donors (Lipinski definition) is 0. The highest BCUT2D eigenvalue weighted by atomic mass is 16.5. The number of ether oxygens (including phenoxy) is 2. The van der Waals surface area contributed by atoms with Gasteiger partial charge >= 0.3 is 0 Å². The van der Waals surface area contributed by atoms with E-state index in [9.17, 15) is 4.79 Å². The number of nitrogens with zero attached hydrogens (tertiary/aromatic N) is 3. The standard InChI is InChI=1S/C27H33N3O3/c1-20(2)33-25-9-4-7-22(16-25)27(31)23-8-5-13-29(18-23)17-21-10-11-26(32-3)24(15-21)19-30-14-6-12-28-30/h4,6-7,9-12,14-16,20,23H,5,8,13,17-19H2,1-3H3/t23-/m1/s1. The Morgan fingerprint density at radius 3 is 2.79 bits per heavy atom. The molecule has 2 aromatic carbocycles. The number of carbonyl (C=O) groups excluding carboxylic acids is 1. The zero-order valence-electron chi connectivity index (χ0n) is 19.7. The highest BCUT2D eigenvalue weighted by molar-refractivity contribution is 5.98. The van der Waals surface area contributed by atoms with Crippen LogP contribution in [0.15, 0.2) is 60.9 Å². The van der Waals surface area contributed by atoms with Gasteiger partial charge < -0.3 is 9.47 Å². The molecule has 0 saturated carbocycles. The summed E-state index contributed by atoms with van der Waals surface area (Å²) in [6.45, 7) is 7.24. The molecule has 1 saturated heterocycles. The summed E-state index contributed by atoms with van der Waals surface area (Å²) < 4.78 is 13.2. The quantitative estimate of drug-likeness (QED) is 0.440. The lowest BCUT2D eigenvalue weighted by Crippen LogP contribution is -2.38. The van der Waals surface area contributed by atoms with Crippen LogP contribution in [-0.4, -0.2) is 46.8 Å². The summed E-state index contributed by atoms with van der Waals surface area (Å²) in [5.74, 6) is 1.84. The summed E-state index contributed by atoms with van der Waals surface area (Å²) in [5.41, 5.74) is 3.06. The maximum Gasteiger partial charge on any atom is 0.167 e. The predicted molar refractivity (Wildman–Crippen MR) is 129 cm³/mol. The molecule has 1 aromatic heterocycles. The van der Waals surface area contributed by atoms with E-state index in [2.05, 4.69) is 22.1 Å². The van der Waals surface area contributed by atoms with Crippen molar-refractivity contribution in [2.24, 2.45) is 5.92 Å². The smallest absolute Gasteiger partial charge is 0.167 e. The van der Waals surface area contributed by atoms with Crippen LogP contribution in [0.5, 0.6) is 11.5 Å². The Morgan fingerprint density at radius 2 is 2.03 bits per heavy atom. The number of methoxy groups -OCH3 is 1. The first-order valence-corrected chi connectivity index (χ1v) is 11.7. The van der Waals surface area contributed by atoms with Gasteiger partial charge in [-0.2, -0.15) is 5.10 Å². The highest BCUT2D eigenvalue weighted by Gasteiger charge is 2.27. The Labute approximate surface area is 196 Å². The first-order chi connectivity index (χ1) is 16.0. The summed E-state index contributed by atoms with van der Waals surface area (Å²) in [6.07, 6.45) is 5.77. The van der Waals surface area contributed by atoms with Crippen LogP contribution in [0.2, 0.25) is 0 Å². The van der Waals surface area contributed by atoms with Crippen molar-refractivity contribution < 1.29 is 14.3 Å². The molecule has 1 fully saturated rings. The molecule has 0 unspecified atom stereocenters. The van der Waals surface area contributed by atoms with Gasteiger partial charge in [0.2, 0.25) is 0 Å². The second-order valence-corrected chi connectivity index (χ2v) is 8.98. The van der Waals surface area contributed by atoms with E-state index in [4.69, 9.17) is 9.47 Å². The molecule has 3 aromatic rings. The third-order valence-corrected chi connectivity index (χ3v) is 6.01. The molecule has 6 nitrogen and oxygen atoms in total. The van der Waals surface area contributed by atoms with Gasteiger partial charge in [-0.25, -0.2) is 0 Å². The van der Waals surface area contributed by atoms with E-state index in [1.807, 2.05) is 61.1 Å². The van der Waals surface area contributed by atoms with E-state index in [1.165, 1.54) is 5.56 Å². The molecule has 0 bridgehead atoms. The van der Waals surface area contributed by atoms with Crippen molar-refractivity contribution >= 4 is 5.78 Å². The van der Waals surface area contributed by atoms with Crippen molar-refractivity contribution in [3.63, 3.8) is 0 Å². The van der Waals surface area contributed by atoms with Crippen LogP contribution >= 0.6 is 0 Å². The minimum Gasteiger partial charge on any atom is -0.496 e. The van der Waals surface area contributed by atoms with Crippen LogP contribution in [0.3, 0.4) is 0 Å². The number of carbonyl (C=O) groups is 1. The summed E-state index contributed by atoms with van der Waals surface area (Å²) in [4.78, 5) is 15.6. The second kappa shape index (κ2) is 10.7. The Kier molecular flexibility index (Phi) is 7.45. The molecule has 0 aliphatic carbocycles. The van der Waals surface area contributed by atoms with E-state index >= 15 is 0 Å². The molecule has 0 N–H and O–H groups in total. The van der Waals surface area contributed by atoms with E-state index in [1.54, 1.807) is 13.3 Å². The second-order valence-electron chi connectivity index (χ2n) is 8.98. The summed E-state index contributed by atoms with van der Waals surface area (Å²) >= 11 is 0. The molecule has 174 valence electrons. The zero-order chi connectivity index (χ0) is 23.2. The molecule has 2 heterocycles. The topological polar surface area (TPSA) is 56.6 Å². The SMILES string of the molecule is COc1ccc(CN2CCC[C@@H](C(=O)c3cccc(OC(C)C)c3)C2)cc1Cn1cccn1. The van der Waals surface area contributed by atoms with Crippen molar-refractivity contribution in [2.45, 2.75) is 45.9 Å². The van der Waals surface area contributed by atoms with Gasteiger partial charge in [-0.3, -0.25) is 14.4 Å². The van der Waals surface area contributed by atoms with Gasteiger partial charge in [0.05, 0.1) is 19.8 Å². The highest BCUT2D eigenvalue weighted by Crippen LogP contribution is 2.26. The Hall–Kier alpha value is -3.12. The average Bonchev–Trinajstić information content (AvgIpc) is 3.32. The van der Waals surface area contributed by atoms with Gasteiger partial charge in [0.15, 0.2) is 5.78 Å².